The van der Waals surface area contributed by atoms with E-state index in [9.17, 15) is 4.79 Å². The molecule has 2 fully saturated rings. The molecule has 2 aromatic rings. The van der Waals surface area contributed by atoms with Crippen LogP contribution in [-0.2, 0) is 4.79 Å². The molecule has 2 N–H and O–H groups in total. The van der Waals surface area contributed by atoms with Crippen LogP contribution in [0, 0.1) is 24.7 Å². The number of likely N-dealkylation sites (tertiary alicyclic amines) is 1. The first-order valence-electron chi connectivity index (χ1n) is 12.0. The lowest BCUT2D eigenvalue weighted by Crippen LogP contribution is -2.55. The molecule has 4 heterocycles. The zero-order chi connectivity index (χ0) is 25.0. The Balaban J connectivity index is 1.47. The average molecular weight is 479 g/mol. The molecule has 186 valence electrons. The Hall–Kier alpha value is -3.56. The summed E-state index contributed by atoms with van der Waals surface area (Å²) in [5, 5.41) is 13.1. The van der Waals surface area contributed by atoms with Gasteiger partial charge in [0.25, 0.3) is 0 Å². The maximum atomic E-state index is 13.8. The van der Waals surface area contributed by atoms with Gasteiger partial charge in [-0.25, -0.2) is 9.97 Å². The van der Waals surface area contributed by atoms with Crippen molar-refractivity contribution in [1.82, 2.24) is 25.3 Å². The Morgan fingerprint density at radius 2 is 1.86 bits per heavy atom. The van der Waals surface area contributed by atoms with Gasteiger partial charge < -0.3 is 20.0 Å². The van der Waals surface area contributed by atoms with Crippen LogP contribution in [0.15, 0.2) is 29.6 Å². The smallest absolute Gasteiger partial charge is 0.229 e. The second kappa shape index (κ2) is 10.4. The number of rotatable bonds is 7. The van der Waals surface area contributed by atoms with Crippen molar-refractivity contribution in [2.45, 2.75) is 39.5 Å². The highest BCUT2D eigenvalue weighted by atomic mass is 16.5. The molecule has 2 saturated heterocycles. The predicted molar refractivity (Wildman–Crippen MR) is 135 cm³/mol. The Labute approximate surface area is 206 Å². The predicted octanol–water partition coefficient (Wildman–Crippen LogP) is 2.35. The van der Waals surface area contributed by atoms with Crippen LogP contribution in [-0.4, -0.2) is 77.5 Å². The Bertz CT molecular complexity index is 1100. The van der Waals surface area contributed by atoms with E-state index in [-0.39, 0.29) is 23.6 Å². The first kappa shape index (κ1) is 24.6. The summed E-state index contributed by atoms with van der Waals surface area (Å²) < 4.78 is 5.25. The minimum Gasteiger partial charge on any atom is -0.495 e. The van der Waals surface area contributed by atoms with Gasteiger partial charge in [-0.1, -0.05) is 0 Å². The molecular formula is C25H34N8O2. The van der Waals surface area contributed by atoms with Crippen LogP contribution < -0.4 is 15.1 Å². The zero-order valence-corrected chi connectivity index (χ0v) is 21.0. The van der Waals surface area contributed by atoms with Gasteiger partial charge in [-0.15, -0.1) is 0 Å². The Kier molecular flexibility index (Phi) is 7.28. The summed E-state index contributed by atoms with van der Waals surface area (Å²) in [6, 6.07) is 3.73. The summed E-state index contributed by atoms with van der Waals surface area (Å²) in [6.07, 6.45) is 6.58. The van der Waals surface area contributed by atoms with Crippen LogP contribution in [0.25, 0.3) is 0 Å². The van der Waals surface area contributed by atoms with Crippen molar-refractivity contribution in [3.8, 4) is 5.75 Å². The number of hydrogen-bond donors (Lipinski definition) is 2. The highest BCUT2D eigenvalue weighted by molar-refractivity contribution is 6.48. The van der Waals surface area contributed by atoms with Gasteiger partial charge in [-0.05, 0) is 51.7 Å². The minimum absolute atomic E-state index is 0.158. The molecule has 2 aromatic heterocycles. The molecule has 0 unspecified atom stereocenters. The van der Waals surface area contributed by atoms with E-state index in [1.165, 1.54) is 0 Å². The Morgan fingerprint density at radius 3 is 2.51 bits per heavy atom. The van der Waals surface area contributed by atoms with Crippen LogP contribution in [0.5, 0.6) is 5.75 Å². The fourth-order valence-electron chi connectivity index (χ4n) is 5.07. The first-order chi connectivity index (χ1) is 16.8. The van der Waals surface area contributed by atoms with Crippen molar-refractivity contribution in [2.75, 3.05) is 45.2 Å². The summed E-state index contributed by atoms with van der Waals surface area (Å²) in [7, 11) is 3.26. The number of nitrogens with one attached hydrogen (secondary N) is 2. The van der Waals surface area contributed by atoms with Crippen LogP contribution in [0.3, 0.4) is 0 Å². The average Bonchev–Trinajstić information content (AvgIpc) is 2.86. The molecule has 4 rings (SSSR count). The number of pyridine rings is 1. The first-order valence-corrected chi connectivity index (χ1v) is 12.0. The number of methoxy groups -OCH3 is 1. The van der Waals surface area contributed by atoms with E-state index in [0.717, 1.165) is 56.1 Å². The van der Waals surface area contributed by atoms with E-state index in [0.29, 0.717) is 23.6 Å². The number of anilines is 1. The molecule has 10 heteroatoms. The fraction of sp³-hybridized carbons (Fsp3) is 0.520. The normalized spacial score (nSPS) is 18.1. The van der Waals surface area contributed by atoms with Gasteiger partial charge in [0.15, 0.2) is 0 Å². The summed E-state index contributed by atoms with van der Waals surface area (Å²) in [4.78, 5) is 31.2. The third-order valence-electron chi connectivity index (χ3n) is 6.91. The number of hydrogen-bond acceptors (Lipinski definition) is 9. The third kappa shape index (κ3) is 5.26. The molecule has 0 atom stereocenters. The van der Waals surface area contributed by atoms with Crippen molar-refractivity contribution >= 4 is 23.3 Å². The fourth-order valence-corrected chi connectivity index (χ4v) is 5.07. The van der Waals surface area contributed by atoms with Crippen molar-refractivity contribution in [1.29, 1.82) is 5.41 Å². The van der Waals surface area contributed by atoms with Crippen molar-refractivity contribution < 1.29 is 9.53 Å². The number of hydrazone groups is 1. The molecule has 35 heavy (non-hydrogen) atoms. The number of nitrogens with zero attached hydrogens (tertiary/aromatic N) is 6. The highest BCUT2D eigenvalue weighted by Crippen LogP contribution is 2.41. The number of carbonyl (C=O) groups excluding carboxylic acids is 1. The van der Waals surface area contributed by atoms with Crippen LogP contribution in [0.4, 0.5) is 5.95 Å². The monoisotopic (exact) mass is 478 g/mol. The van der Waals surface area contributed by atoms with Crippen LogP contribution in [0.2, 0.25) is 0 Å². The quantitative estimate of drug-likeness (QED) is 0.463. The van der Waals surface area contributed by atoms with Crippen LogP contribution >= 0.6 is 0 Å². The molecule has 0 saturated carbocycles. The maximum Gasteiger partial charge on any atom is 0.229 e. The lowest BCUT2D eigenvalue weighted by molar-refractivity contribution is -0.147. The number of ether oxygens (including phenoxy) is 1. The second-order valence-electron chi connectivity index (χ2n) is 9.32. The summed E-state index contributed by atoms with van der Waals surface area (Å²) >= 11 is 0. The number of aryl methyl sites for hydroxylation is 2. The molecule has 0 aromatic carbocycles. The second-order valence-corrected chi connectivity index (χ2v) is 9.32. The van der Waals surface area contributed by atoms with Crippen molar-refractivity contribution in [2.24, 2.45) is 10.5 Å². The summed E-state index contributed by atoms with van der Waals surface area (Å²) in [5.41, 5.74) is 5.64. The lowest BCUT2D eigenvalue weighted by Gasteiger charge is -2.46. The molecule has 1 spiro atoms. The molecule has 0 bridgehead atoms. The Morgan fingerprint density at radius 1 is 1.14 bits per heavy atom. The minimum atomic E-state index is -0.377. The van der Waals surface area contributed by atoms with E-state index in [2.05, 4.69) is 30.4 Å². The maximum absolute atomic E-state index is 13.8. The largest absolute Gasteiger partial charge is 0.495 e. The van der Waals surface area contributed by atoms with Gasteiger partial charge in [0, 0.05) is 49.8 Å². The van der Waals surface area contributed by atoms with E-state index < -0.39 is 0 Å². The van der Waals surface area contributed by atoms with E-state index in [1.54, 1.807) is 32.6 Å². The molecule has 0 radical (unpaired) electrons. The highest BCUT2D eigenvalue weighted by Gasteiger charge is 2.46. The molecule has 2 aliphatic rings. The third-order valence-corrected chi connectivity index (χ3v) is 6.91. The van der Waals surface area contributed by atoms with Crippen LogP contribution in [0.1, 0.15) is 42.6 Å². The number of amides is 1. The zero-order valence-electron chi connectivity index (χ0n) is 21.0. The van der Waals surface area contributed by atoms with Crippen molar-refractivity contribution in [3.05, 3.63) is 41.5 Å². The van der Waals surface area contributed by atoms with Gasteiger partial charge in [0.2, 0.25) is 11.9 Å². The molecule has 10 nitrogen and oxygen atoms in total. The number of piperidine rings is 2. The molecular weight excluding hydrogens is 444 g/mol. The SMILES string of the molecule is CN/N=C(/CN1CCCC2(CCN(c3nc(C)cc(C)n3)CC2)C1=O)C(=N)c1cncc(OC)c1. The molecule has 2 aliphatic heterocycles. The van der Waals surface area contributed by atoms with Gasteiger partial charge in [0.05, 0.1) is 31.0 Å². The van der Waals surface area contributed by atoms with Gasteiger partial charge >= 0.3 is 0 Å². The molecule has 1 amide bonds. The van der Waals surface area contributed by atoms with Gasteiger partial charge in [0.1, 0.15) is 11.5 Å². The van der Waals surface area contributed by atoms with E-state index in [4.69, 9.17) is 10.1 Å². The number of aromatic nitrogens is 3. The summed E-state index contributed by atoms with van der Waals surface area (Å²) in [5.74, 6) is 1.48. The van der Waals surface area contributed by atoms with Gasteiger partial charge in [-0.2, -0.15) is 5.10 Å². The topological polar surface area (TPSA) is 120 Å². The number of carbonyl (C=O) groups is 1. The van der Waals surface area contributed by atoms with E-state index >= 15 is 0 Å². The lowest BCUT2D eigenvalue weighted by atomic mass is 9.71. The summed E-state index contributed by atoms with van der Waals surface area (Å²) in [6.45, 7) is 6.42. The standard InChI is InChI=1S/C25H34N8O2/c1-17-12-18(2)30-24(29-17)32-10-7-25(8-11-32)6-5-9-33(23(25)34)16-21(31-27-3)22(26)19-13-20(35-4)15-28-14-19/h12-15,26-27H,5-11,16H2,1-4H3/b26-22?,31-21-. The van der Waals surface area contributed by atoms with Crippen molar-refractivity contribution in [3.63, 3.8) is 0 Å². The van der Waals surface area contributed by atoms with Gasteiger partial charge in [-0.3, -0.25) is 15.2 Å². The van der Waals surface area contributed by atoms with E-state index in [1.807, 2.05) is 24.8 Å². The molecule has 0 aliphatic carbocycles.